The number of carbonyl (C=O) groups is 1. The summed E-state index contributed by atoms with van der Waals surface area (Å²) in [6.45, 7) is 1.85. The third kappa shape index (κ3) is 5.06. The van der Waals surface area contributed by atoms with E-state index in [1.165, 1.54) is 6.92 Å². The van der Waals surface area contributed by atoms with Gasteiger partial charge in [-0.15, -0.1) is 0 Å². The minimum Gasteiger partial charge on any atom is -0.494 e. The second kappa shape index (κ2) is 7.38. The number of ether oxygens (including phenoxy) is 1. The summed E-state index contributed by atoms with van der Waals surface area (Å²) in [6.07, 6.45) is 0.548. The first kappa shape index (κ1) is 15.0. The molecule has 0 aromatic heterocycles. The van der Waals surface area contributed by atoms with Crippen molar-refractivity contribution in [1.82, 2.24) is 0 Å². The average Bonchev–Trinajstić information content (AvgIpc) is 2.35. The predicted molar refractivity (Wildman–Crippen MR) is 71.7 cm³/mol. The molecule has 0 spiro atoms. The molecule has 0 saturated carbocycles. The van der Waals surface area contributed by atoms with Gasteiger partial charge in [-0.2, -0.15) is 0 Å². The van der Waals surface area contributed by atoms with Gasteiger partial charge in [0, 0.05) is 21.6 Å². The molecule has 18 heavy (non-hydrogen) atoms. The molecule has 1 rings (SSSR count). The second-order valence-electron chi connectivity index (χ2n) is 3.72. The van der Waals surface area contributed by atoms with E-state index < -0.39 is 22.0 Å². The first-order valence-electron chi connectivity index (χ1n) is 5.49. The van der Waals surface area contributed by atoms with Gasteiger partial charge in [0.2, 0.25) is 0 Å². The molecule has 0 aliphatic carbocycles. The van der Waals surface area contributed by atoms with Gasteiger partial charge in [-0.25, -0.2) is 0 Å². The Bertz CT molecular complexity index is 419. The van der Waals surface area contributed by atoms with Crippen LogP contribution in [0, 0.1) is 0 Å². The molecule has 2 atom stereocenters. The maximum absolute atomic E-state index is 11.5. The van der Waals surface area contributed by atoms with Gasteiger partial charge in [-0.05, 0) is 37.6 Å². The van der Waals surface area contributed by atoms with Crippen molar-refractivity contribution < 1.29 is 18.8 Å². The molecule has 6 heteroatoms. The maximum Gasteiger partial charge on any atom is 0.318 e. The van der Waals surface area contributed by atoms with Gasteiger partial charge in [-0.1, -0.05) is 11.6 Å². The average molecular weight is 291 g/mol. The highest BCUT2D eigenvalue weighted by molar-refractivity contribution is 7.86. The van der Waals surface area contributed by atoms with E-state index in [2.05, 4.69) is 0 Å². The summed E-state index contributed by atoms with van der Waals surface area (Å²) in [5.41, 5.74) is 0. The van der Waals surface area contributed by atoms with Crippen LogP contribution in [0.1, 0.15) is 13.3 Å². The van der Waals surface area contributed by atoms with Crippen LogP contribution in [0.25, 0.3) is 0 Å². The molecule has 0 bridgehead atoms. The standard InChI is InChI=1S/C12H15ClO4S/c1-9(12(14)15)18(16)8-2-7-17-11-5-3-10(13)4-6-11/h3-6,9H,2,7-8H2,1H3,(H,14,15). The minimum absolute atomic E-state index is 0.320. The fraction of sp³-hybridized carbons (Fsp3) is 0.417. The Labute approximate surface area is 113 Å². The van der Waals surface area contributed by atoms with Gasteiger partial charge >= 0.3 is 5.97 Å². The molecule has 0 amide bonds. The number of aliphatic carboxylic acids is 1. The summed E-state index contributed by atoms with van der Waals surface area (Å²) >= 11 is 5.73. The minimum atomic E-state index is -1.36. The number of hydrogen-bond acceptors (Lipinski definition) is 3. The van der Waals surface area contributed by atoms with Gasteiger partial charge in [0.25, 0.3) is 0 Å². The van der Waals surface area contributed by atoms with Crippen molar-refractivity contribution in [2.75, 3.05) is 12.4 Å². The molecule has 4 nitrogen and oxygen atoms in total. The lowest BCUT2D eigenvalue weighted by Gasteiger charge is -2.08. The highest BCUT2D eigenvalue weighted by Gasteiger charge is 2.17. The summed E-state index contributed by atoms with van der Waals surface area (Å²) in [5.74, 6) is -0.0236. The molecule has 0 radical (unpaired) electrons. The monoisotopic (exact) mass is 290 g/mol. The Morgan fingerprint density at radius 2 is 2.06 bits per heavy atom. The Morgan fingerprint density at radius 3 is 2.61 bits per heavy atom. The summed E-state index contributed by atoms with van der Waals surface area (Å²) < 4.78 is 16.9. The summed E-state index contributed by atoms with van der Waals surface area (Å²) in [5, 5.41) is 8.48. The first-order chi connectivity index (χ1) is 8.50. The number of carboxylic acid groups (broad SMARTS) is 1. The van der Waals surface area contributed by atoms with Gasteiger partial charge in [0.1, 0.15) is 11.0 Å². The Kier molecular flexibility index (Phi) is 6.15. The number of halogens is 1. The van der Waals surface area contributed by atoms with Crippen LogP contribution in [0.5, 0.6) is 5.75 Å². The van der Waals surface area contributed by atoms with Crippen molar-refractivity contribution in [3.05, 3.63) is 29.3 Å². The van der Waals surface area contributed by atoms with Gasteiger partial charge in [0.15, 0.2) is 0 Å². The number of rotatable bonds is 7. The van der Waals surface area contributed by atoms with Crippen LogP contribution in [-0.2, 0) is 15.6 Å². The van der Waals surface area contributed by atoms with Crippen LogP contribution in [0.3, 0.4) is 0 Å². The Hall–Kier alpha value is -1.07. The van der Waals surface area contributed by atoms with Crippen LogP contribution >= 0.6 is 11.6 Å². The molecule has 1 aromatic carbocycles. The predicted octanol–water partition coefficient (Wildman–Crippen LogP) is 2.33. The van der Waals surface area contributed by atoms with Crippen molar-refractivity contribution in [2.24, 2.45) is 0 Å². The quantitative estimate of drug-likeness (QED) is 0.783. The lowest BCUT2D eigenvalue weighted by Crippen LogP contribution is -2.24. The highest BCUT2D eigenvalue weighted by atomic mass is 35.5. The Morgan fingerprint density at radius 1 is 1.44 bits per heavy atom. The number of carboxylic acids is 1. The van der Waals surface area contributed by atoms with Crippen LogP contribution < -0.4 is 4.74 Å². The molecular weight excluding hydrogens is 276 g/mol. The SMILES string of the molecule is CC(C(=O)O)S(=O)CCCOc1ccc(Cl)cc1. The zero-order valence-corrected chi connectivity index (χ0v) is 11.5. The van der Waals surface area contributed by atoms with E-state index in [9.17, 15) is 9.00 Å². The highest BCUT2D eigenvalue weighted by Crippen LogP contribution is 2.15. The normalized spacial score (nSPS) is 13.9. The van der Waals surface area contributed by atoms with Crippen molar-refractivity contribution in [2.45, 2.75) is 18.6 Å². The van der Waals surface area contributed by atoms with E-state index in [1.54, 1.807) is 24.3 Å². The molecule has 0 fully saturated rings. The van der Waals surface area contributed by atoms with Crippen molar-refractivity contribution in [3.8, 4) is 5.75 Å². The van der Waals surface area contributed by atoms with Crippen molar-refractivity contribution in [3.63, 3.8) is 0 Å². The van der Waals surface area contributed by atoms with Crippen molar-refractivity contribution >= 4 is 28.4 Å². The maximum atomic E-state index is 11.5. The lowest BCUT2D eigenvalue weighted by molar-refractivity contribution is -0.136. The molecular formula is C12H15ClO4S. The summed E-state index contributed by atoms with van der Waals surface area (Å²) in [7, 11) is -1.36. The van der Waals surface area contributed by atoms with E-state index in [1.807, 2.05) is 0 Å². The van der Waals surface area contributed by atoms with Gasteiger partial charge in [-0.3, -0.25) is 9.00 Å². The van der Waals surface area contributed by atoms with E-state index in [0.29, 0.717) is 29.6 Å². The molecule has 2 unspecified atom stereocenters. The molecule has 1 N–H and O–H groups in total. The van der Waals surface area contributed by atoms with Crippen molar-refractivity contribution in [1.29, 1.82) is 0 Å². The van der Waals surface area contributed by atoms with E-state index in [0.717, 1.165) is 0 Å². The third-order valence-corrected chi connectivity index (χ3v) is 4.25. The summed E-state index contributed by atoms with van der Waals surface area (Å²) in [4.78, 5) is 10.6. The van der Waals surface area contributed by atoms with Crippen LogP contribution in [0.2, 0.25) is 5.02 Å². The van der Waals surface area contributed by atoms with E-state index >= 15 is 0 Å². The van der Waals surface area contributed by atoms with Gasteiger partial charge in [0.05, 0.1) is 6.61 Å². The van der Waals surface area contributed by atoms with E-state index in [-0.39, 0.29) is 0 Å². The van der Waals surface area contributed by atoms with Crippen LogP contribution in [0.15, 0.2) is 24.3 Å². The molecule has 0 saturated heterocycles. The fourth-order valence-electron chi connectivity index (χ4n) is 1.21. The molecule has 0 heterocycles. The second-order valence-corrected chi connectivity index (χ2v) is 6.03. The largest absolute Gasteiger partial charge is 0.494 e. The third-order valence-electron chi connectivity index (χ3n) is 2.31. The first-order valence-corrected chi connectivity index (χ1v) is 7.25. The van der Waals surface area contributed by atoms with Crippen LogP contribution in [-0.4, -0.2) is 32.9 Å². The number of hydrogen-bond donors (Lipinski definition) is 1. The molecule has 0 aliphatic rings. The smallest absolute Gasteiger partial charge is 0.318 e. The number of benzene rings is 1. The lowest BCUT2D eigenvalue weighted by atomic mass is 10.3. The Balaban J connectivity index is 2.25. The fourth-order valence-corrected chi connectivity index (χ4v) is 2.32. The molecule has 0 aliphatic heterocycles. The molecule has 1 aromatic rings. The summed E-state index contributed by atoms with van der Waals surface area (Å²) in [6, 6.07) is 6.95. The van der Waals surface area contributed by atoms with E-state index in [4.69, 9.17) is 21.4 Å². The van der Waals surface area contributed by atoms with Crippen LogP contribution in [0.4, 0.5) is 0 Å². The molecule has 100 valence electrons. The van der Waals surface area contributed by atoms with Gasteiger partial charge < -0.3 is 9.84 Å². The zero-order chi connectivity index (χ0) is 13.5. The zero-order valence-electron chi connectivity index (χ0n) is 9.97. The topological polar surface area (TPSA) is 63.6 Å².